The average molecular weight is 477 g/mol. The molecule has 1 saturated heterocycles. The summed E-state index contributed by atoms with van der Waals surface area (Å²) in [4.78, 5) is 0. The molecule has 0 saturated carbocycles. The van der Waals surface area contributed by atoms with Crippen molar-refractivity contribution in [3.63, 3.8) is 0 Å². The highest BCUT2D eigenvalue weighted by atomic mass is 35.5. The van der Waals surface area contributed by atoms with Crippen LogP contribution in [-0.4, -0.2) is 25.8 Å². The van der Waals surface area contributed by atoms with Crippen molar-refractivity contribution in [3.05, 3.63) is 101 Å². The largest absolute Gasteiger partial charge is 0.301 e. The summed E-state index contributed by atoms with van der Waals surface area (Å²) in [6.07, 6.45) is 1.48. The van der Waals surface area contributed by atoms with Gasteiger partial charge in [-0.1, -0.05) is 35.9 Å². The summed E-state index contributed by atoms with van der Waals surface area (Å²) in [5, 5.41) is 0.521. The van der Waals surface area contributed by atoms with Crippen molar-refractivity contribution >= 4 is 27.5 Å². The second kappa shape index (κ2) is 9.57. The van der Waals surface area contributed by atoms with E-state index in [4.69, 9.17) is 11.6 Å². The first kappa shape index (κ1) is 22.7. The molecule has 0 spiro atoms. The number of nitrogens with zero attached hydrogens (tertiary/aromatic N) is 1. The van der Waals surface area contributed by atoms with Crippen molar-refractivity contribution in [1.29, 1.82) is 0 Å². The van der Waals surface area contributed by atoms with Crippen LogP contribution in [0.15, 0.2) is 72.8 Å². The highest BCUT2D eigenvalue weighted by Gasteiger charge is 2.34. The fourth-order valence-corrected chi connectivity index (χ4v) is 5.72. The maximum Gasteiger partial charge on any atom is 0.301 e. The van der Waals surface area contributed by atoms with Crippen molar-refractivity contribution in [2.24, 2.45) is 5.92 Å². The molecule has 1 aliphatic rings. The van der Waals surface area contributed by atoms with E-state index in [0.29, 0.717) is 30.2 Å². The van der Waals surface area contributed by atoms with Gasteiger partial charge >= 0.3 is 10.2 Å². The highest BCUT2D eigenvalue weighted by Crippen LogP contribution is 2.38. The minimum absolute atomic E-state index is 0.0542. The SMILES string of the molecule is O=S(=O)(Nc1ccc(Cl)cc1)N1CCC[C@@H](C(c2ccc(F)cc2)c2ccc(F)cc2)C1. The van der Waals surface area contributed by atoms with Gasteiger partial charge in [-0.05, 0) is 78.4 Å². The Hall–Kier alpha value is -2.48. The summed E-state index contributed by atoms with van der Waals surface area (Å²) < 4.78 is 57.2. The predicted octanol–water partition coefficient (Wildman–Crippen LogP) is 5.82. The number of anilines is 1. The van der Waals surface area contributed by atoms with E-state index in [9.17, 15) is 17.2 Å². The Morgan fingerprint density at radius 1 is 0.875 bits per heavy atom. The molecule has 0 aliphatic carbocycles. The van der Waals surface area contributed by atoms with E-state index in [1.165, 1.54) is 28.6 Å². The summed E-state index contributed by atoms with van der Waals surface area (Å²) in [7, 11) is -3.77. The lowest BCUT2D eigenvalue weighted by molar-refractivity contribution is 0.250. The molecular formula is C24H23ClF2N2O2S. The fraction of sp³-hybridized carbons (Fsp3) is 0.250. The number of halogens is 3. The summed E-state index contributed by atoms with van der Waals surface area (Å²) >= 11 is 5.89. The molecule has 0 unspecified atom stereocenters. The van der Waals surface area contributed by atoms with Crippen LogP contribution in [0.1, 0.15) is 29.9 Å². The molecule has 1 heterocycles. The number of hydrogen-bond acceptors (Lipinski definition) is 2. The van der Waals surface area contributed by atoms with Gasteiger partial charge in [-0.3, -0.25) is 4.72 Å². The number of hydrogen-bond donors (Lipinski definition) is 1. The molecule has 0 amide bonds. The summed E-state index contributed by atoms with van der Waals surface area (Å²) in [6.45, 7) is 0.696. The first-order valence-electron chi connectivity index (χ1n) is 10.4. The van der Waals surface area contributed by atoms with Crippen molar-refractivity contribution in [2.75, 3.05) is 17.8 Å². The molecule has 168 valence electrons. The van der Waals surface area contributed by atoms with E-state index < -0.39 is 10.2 Å². The van der Waals surface area contributed by atoms with E-state index >= 15 is 0 Å². The van der Waals surface area contributed by atoms with Gasteiger partial charge in [0.1, 0.15) is 11.6 Å². The molecule has 0 aromatic heterocycles. The Labute approximate surface area is 192 Å². The number of nitrogens with one attached hydrogen (secondary N) is 1. The fourth-order valence-electron chi connectivity index (χ4n) is 4.27. The quantitative estimate of drug-likeness (QED) is 0.487. The lowest BCUT2D eigenvalue weighted by atomic mass is 9.77. The lowest BCUT2D eigenvalue weighted by Crippen LogP contribution is -2.44. The van der Waals surface area contributed by atoms with E-state index in [1.54, 1.807) is 48.5 Å². The van der Waals surface area contributed by atoms with Gasteiger partial charge in [-0.2, -0.15) is 12.7 Å². The zero-order valence-corrected chi connectivity index (χ0v) is 18.8. The van der Waals surface area contributed by atoms with Gasteiger partial charge in [0.25, 0.3) is 0 Å². The first-order valence-corrected chi connectivity index (χ1v) is 12.2. The van der Waals surface area contributed by atoms with Crippen LogP contribution >= 0.6 is 11.6 Å². The van der Waals surface area contributed by atoms with Crippen LogP contribution in [0.3, 0.4) is 0 Å². The van der Waals surface area contributed by atoms with Crippen LogP contribution in [0.25, 0.3) is 0 Å². The molecular weight excluding hydrogens is 454 g/mol. The van der Waals surface area contributed by atoms with Gasteiger partial charge in [-0.15, -0.1) is 0 Å². The zero-order chi connectivity index (χ0) is 22.7. The Morgan fingerprint density at radius 2 is 1.41 bits per heavy atom. The Bertz CT molecular complexity index is 1110. The van der Waals surface area contributed by atoms with E-state index in [1.807, 2.05) is 0 Å². The van der Waals surface area contributed by atoms with Crippen LogP contribution in [0, 0.1) is 17.6 Å². The maximum atomic E-state index is 13.5. The monoisotopic (exact) mass is 476 g/mol. The molecule has 1 N–H and O–H groups in total. The third-order valence-electron chi connectivity index (χ3n) is 5.78. The normalized spacial score (nSPS) is 17.4. The molecule has 0 radical (unpaired) electrons. The Morgan fingerprint density at radius 3 is 1.94 bits per heavy atom. The van der Waals surface area contributed by atoms with Crippen molar-refractivity contribution < 1.29 is 17.2 Å². The molecule has 3 aromatic carbocycles. The van der Waals surface area contributed by atoms with E-state index in [-0.39, 0.29) is 23.5 Å². The number of piperidine rings is 1. The topological polar surface area (TPSA) is 49.4 Å². The molecule has 4 rings (SSSR count). The summed E-state index contributed by atoms with van der Waals surface area (Å²) in [5.74, 6) is -0.926. The van der Waals surface area contributed by atoms with E-state index in [2.05, 4.69) is 4.72 Å². The van der Waals surface area contributed by atoms with Crippen molar-refractivity contribution in [2.45, 2.75) is 18.8 Å². The van der Waals surface area contributed by atoms with Gasteiger partial charge in [0.2, 0.25) is 0 Å². The number of benzene rings is 3. The van der Waals surface area contributed by atoms with Gasteiger partial charge < -0.3 is 0 Å². The lowest BCUT2D eigenvalue weighted by Gasteiger charge is -2.37. The van der Waals surface area contributed by atoms with Crippen LogP contribution in [0.2, 0.25) is 5.02 Å². The standard InChI is InChI=1S/C24H23ClF2N2O2S/c25-20-7-13-23(14-8-20)28-32(30,31)29-15-1-2-19(16-29)24(17-3-9-21(26)10-4-17)18-5-11-22(27)12-6-18/h3-14,19,24,28H,1-2,15-16H2/t19-/m1/s1. The maximum absolute atomic E-state index is 13.5. The van der Waals surface area contributed by atoms with Crippen LogP contribution < -0.4 is 4.72 Å². The second-order valence-corrected chi connectivity index (χ2v) is 10.1. The summed E-state index contributed by atoms with van der Waals surface area (Å²) in [5.41, 5.74) is 2.17. The highest BCUT2D eigenvalue weighted by molar-refractivity contribution is 7.90. The van der Waals surface area contributed by atoms with E-state index in [0.717, 1.165) is 17.5 Å². The van der Waals surface area contributed by atoms with Gasteiger partial charge in [-0.25, -0.2) is 8.78 Å². The minimum Gasteiger partial charge on any atom is -0.271 e. The predicted molar refractivity (Wildman–Crippen MR) is 123 cm³/mol. The second-order valence-electron chi connectivity index (χ2n) is 7.96. The van der Waals surface area contributed by atoms with Gasteiger partial charge in [0.15, 0.2) is 0 Å². The number of rotatable bonds is 6. The zero-order valence-electron chi connectivity index (χ0n) is 17.2. The van der Waals surface area contributed by atoms with Gasteiger partial charge in [0, 0.05) is 29.7 Å². The minimum atomic E-state index is -3.77. The summed E-state index contributed by atoms with van der Waals surface area (Å²) in [6, 6.07) is 18.9. The van der Waals surface area contributed by atoms with Crippen LogP contribution in [0.4, 0.5) is 14.5 Å². The molecule has 3 aromatic rings. The average Bonchev–Trinajstić information content (AvgIpc) is 2.78. The first-order chi connectivity index (χ1) is 15.3. The molecule has 32 heavy (non-hydrogen) atoms. The van der Waals surface area contributed by atoms with Gasteiger partial charge in [0.05, 0.1) is 0 Å². The van der Waals surface area contributed by atoms with Crippen molar-refractivity contribution in [3.8, 4) is 0 Å². The smallest absolute Gasteiger partial charge is 0.271 e. The Balaban J connectivity index is 1.61. The van der Waals surface area contributed by atoms with Crippen molar-refractivity contribution in [1.82, 2.24) is 4.31 Å². The molecule has 4 nitrogen and oxygen atoms in total. The third-order valence-corrected chi connectivity index (χ3v) is 7.54. The third kappa shape index (κ3) is 5.28. The molecule has 1 atom stereocenters. The van der Waals surface area contributed by atoms with Crippen LogP contribution in [-0.2, 0) is 10.2 Å². The Kier molecular flexibility index (Phi) is 6.79. The molecule has 8 heteroatoms. The molecule has 1 fully saturated rings. The van der Waals surface area contributed by atoms with Crippen LogP contribution in [0.5, 0.6) is 0 Å². The molecule has 1 aliphatic heterocycles. The molecule has 0 bridgehead atoms.